The minimum absolute atomic E-state index is 0.0658. The van der Waals surface area contributed by atoms with E-state index in [0.29, 0.717) is 54.2 Å². The monoisotopic (exact) mass is 383 g/mol. The summed E-state index contributed by atoms with van der Waals surface area (Å²) in [5.41, 5.74) is 0.513. The first-order chi connectivity index (χ1) is 12.0. The van der Waals surface area contributed by atoms with E-state index in [1.807, 2.05) is 11.8 Å². The molecule has 0 bridgehead atoms. The summed E-state index contributed by atoms with van der Waals surface area (Å²) in [5, 5.41) is 7.79. The van der Waals surface area contributed by atoms with Gasteiger partial charge in [-0.25, -0.2) is 9.37 Å². The fourth-order valence-electron chi connectivity index (χ4n) is 2.67. The summed E-state index contributed by atoms with van der Waals surface area (Å²) < 4.78 is 13.9. The smallest absolute Gasteiger partial charge is 0.233 e. The van der Waals surface area contributed by atoms with Gasteiger partial charge in [-0.2, -0.15) is 0 Å². The molecule has 1 aliphatic rings. The number of H-pyrrole nitrogens is 1. The van der Waals surface area contributed by atoms with Crippen molar-refractivity contribution in [2.75, 3.05) is 31.9 Å². The highest BCUT2D eigenvalue weighted by molar-refractivity contribution is 7.99. The van der Waals surface area contributed by atoms with Crippen LogP contribution in [0.3, 0.4) is 0 Å². The van der Waals surface area contributed by atoms with Crippen LogP contribution < -0.4 is 0 Å². The Morgan fingerprint density at radius 2 is 2.12 bits per heavy atom. The Labute approximate surface area is 154 Å². The second-order valence-electron chi connectivity index (χ2n) is 5.85. The van der Waals surface area contributed by atoms with Gasteiger partial charge in [-0.1, -0.05) is 29.4 Å². The number of aromatic amines is 1. The third kappa shape index (κ3) is 4.71. The van der Waals surface area contributed by atoms with Crippen LogP contribution in [-0.4, -0.2) is 62.8 Å². The number of hydrogen-bond donors (Lipinski definition) is 1. The van der Waals surface area contributed by atoms with Crippen LogP contribution in [0.25, 0.3) is 0 Å². The Morgan fingerprint density at radius 1 is 1.36 bits per heavy atom. The molecule has 6 nitrogen and oxygen atoms in total. The molecule has 3 rings (SSSR count). The zero-order valence-corrected chi connectivity index (χ0v) is 15.4. The molecule has 0 spiro atoms. The Kier molecular flexibility index (Phi) is 5.93. The van der Waals surface area contributed by atoms with Gasteiger partial charge in [0.25, 0.3) is 0 Å². The topological polar surface area (TPSA) is 65.1 Å². The molecule has 2 heterocycles. The average Bonchev–Trinajstić information content (AvgIpc) is 3.02. The van der Waals surface area contributed by atoms with Crippen molar-refractivity contribution in [3.8, 4) is 0 Å². The van der Waals surface area contributed by atoms with Crippen molar-refractivity contribution in [1.82, 2.24) is 25.0 Å². The minimum atomic E-state index is -0.288. The summed E-state index contributed by atoms with van der Waals surface area (Å²) in [6, 6.07) is 4.72. The van der Waals surface area contributed by atoms with Gasteiger partial charge in [-0.3, -0.25) is 14.8 Å². The first kappa shape index (κ1) is 18.2. The van der Waals surface area contributed by atoms with Crippen LogP contribution in [0, 0.1) is 12.7 Å². The number of aromatic nitrogens is 3. The van der Waals surface area contributed by atoms with Crippen molar-refractivity contribution in [2.45, 2.75) is 18.6 Å². The average molecular weight is 384 g/mol. The molecule has 0 saturated carbocycles. The van der Waals surface area contributed by atoms with Gasteiger partial charge in [0.05, 0.1) is 5.75 Å². The zero-order chi connectivity index (χ0) is 17.8. The molecule has 134 valence electrons. The number of aryl methyl sites for hydroxylation is 1. The quantitative estimate of drug-likeness (QED) is 0.803. The predicted octanol–water partition coefficient (Wildman–Crippen LogP) is 2.34. The summed E-state index contributed by atoms with van der Waals surface area (Å²) in [4.78, 5) is 20.4. The van der Waals surface area contributed by atoms with Crippen LogP contribution in [0.4, 0.5) is 4.39 Å². The van der Waals surface area contributed by atoms with Crippen molar-refractivity contribution in [1.29, 1.82) is 0 Å². The number of halogens is 2. The fourth-order valence-corrected chi connectivity index (χ4v) is 3.64. The van der Waals surface area contributed by atoms with Crippen molar-refractivity contribution in [2.24, 2.45) is 0 Å². The van der Waals surface area contributed by atoms with Crippen LogP contribution in [0.5, 0.6) is 0 Å². The van der Waals surface area contributed by atoms with Gasteiger partial charge < -0.3 is 4.90 Å². The highest BCUT2D eigenvalue weighted by Crippen LogP contribution is 2.21. The molecular weight excluding hydrogens is 365 g/mol. The van der Waals surface area contributed by atoms with E-state index in [-0.39, 0.29) is 11.7 Å². The minimum Gasteiger partial charge on any atom is -0.339 e. The van der Waals surface area contributed by atoms with E-state index < -0.39 is 0 Å². The third-order valence-electron chi connectivity index (χ3n) is 4.07. The zero-order valence-electron chi connectivity index (χ0n) is 13.8. The Bertz CT molecular complexity index is 728. The lowest BCUT2D eigenvalue weighted by Crippen LogP contribution is -2.48. The molecule has 1 saturated heterocycles. The number of piperazine rings is 1. The maximum absolute atomic E-state index is 13.9. The van der Waals surface area contributed by atoms with E-state index in [1.165, 1.54) is 17.8 Å². The van der Waals surface area contributed by atoms with Gasteiger partial charge in [0.15, 0.2) is 0 Å². The fraction of sp³-hybridized carbons (Fsp3) is 0.438. The summed E-state index contributed by atoms with van der Waals surface area (Å²) in [6.45, 7) is 4.91. The number of benzene rings is 1. The van der Waals surface area contributed by atoms with Crippen LogP contribution in [0.15, 0.2) is 23.4 Å². The largest absolute Gasteiger partial charge is 0.339 e. The normalized spacial score (nSPS) is 15.6. The van der Waals surface area contributed by atoms with E-state index in [0.717, 1.165) is 5.82 Å². The van der Waals surface area contributed by atoms with Crippen molar-refractivity contribution in [3.05, 3.63) is 40.4 Å². The Balaban J connectivity index is 1.47. The number of hydrogen-bond acceptors (Lipinski definition) is 5. The molecule has 1 aromatic heterocycles. The lowest BCUT2D eigenvalue weighted by molar-refractivity contribution is -0.130. The molecule has 1 aliphatic heterocycles. The highest BCUT2D eigenvalue weighted by Gasteiger charge is 2.22. The number of rotatable bonds is 5. The summed E-state index contributed by atoms with van der Waals surface area (Å²) >= 11 is 7.41. The van der Waals surface area contributed by atoms with Crippen LogP contribution in [0.2, 0.25) is 5.02 Å². The second-order valence-corrected chi connectivity index (χ2v) is 7.20. The summed E-state index contributed by atoms with van der Waals surface area (Å²) in [5.74, 6) is 0.826. The number of carbonyl (C=O) groups excluding carboxylic acids is 1. The number of carbonyl (C=O) groups is 1. The molecule has 2 aromatic rings. The molecule has 0 atom stereocenters. The highest BCUT2D eigenvalue weighted by atomic mass is 35.5. The van der Waals surface area contributed by atoms with Crippen molar-refractivity contribution < 1.29 is 9.18 Å². The second kappa shape index (κ2) is 8.16. The predicted molar refractivity (Wildman–Crippen MR) is 95.1 cm³/mol. The van der Waals surface area contributed by atoms with E-state index in [9.17, 15) is 9.18 Å². The number of nitrogens with zero attached hydrogens (tertiary/aromatic N) is 4. The SMILES string of the molecule is Cc1nc(SCC(=O)N2CCN(Cc3c(F)cccc3Cl)CC2)n[nH]1. The molecule has 25 heavy (non-hydrogen) atoms. The molecule has 1 fully saturated rings. The van der Waals surface area contributed by atoms with Gasteiger partial charge in [-0.05, 0) is 19.1 Å². The van der Waals surface area contributed by atoms with Gasteiger partial charge in [0, 0.05) is 43.3 Å². The molecular formula is C16H19ClFN5OS. The standard InChI is InChI=1S/C16H19ClFN5OS/c1-11-19-16(21-20-11)25-10-15(24)23-7-5-22(6-8-23)9-12-13(17)3-2-4-14(12)18/h2-4H,5-10H2,1H3,(H,19,20,21). The van der Waals surface area contributed by atoms with E-state index in [2.05, 4.69) is 20.1 Å². The molecule has 0 aliphatic carbocycles. The van der Waals surface area contributed by atoms with Crippen molar-refractivity contribution >= 4 is 29.3 Å². The molecule has 1 N–H and O–H groups in total. The van der Waals surface area contributed by atoms with Gasteiger partial charge in [0.1, 0.15) is 11.6 Å². The van der Waals surface area contributed by atoms with Gasteiger partial charge in [-0.15, -0.1) is 5.10 Å². The van der Waals surface area contributed by atoms with Gasteiger partial charge >= 0.3 is 0 Å². The Morgan fingerprint density at radius 3 is 2.76 bits per heavy atom. The lowest BCUT2D eigenvalue weighted by atomic mass is 10.2. The van der Waals surface area contributed by atoms with Crippen molar-refractivity contribution in [3.63, 3.8) is 0 Å². The maximum Gasteiger partial charge on any atom is 0.233 e. The first-order valence-corrected chi connectivity index (χ1v) is 9.34. The van der Waals surface area contributed by atoms with E-state index >= 15 is 0 Å². The molecule has 9 heteroatoms. The molecule has 1 aromatic carbocycles. The van der Waals surface area contributed by atoms with Crippen LogP contribution in [-0.2, 0) is 11.3 Å². The van der Waals surface area contributed by atoms with E-state index in [4.69, 9.17) is 11.6 Å². The summed E-state index contributed by atoms with van der Waals surface area (Å²) in [7, 11) is 0. The molecule has 0 radical (unpaired) electrons. The van der Waals surface area contributed by atoms with Gasteiger partial charge in [0.2, 0.25) is 11.1 Å². The van der Waals surface area contributed by atoms with E-state index in [1.54, 1.807) is 12.1 Å². The number of nitrogens with one attached hydrogen (secondary N) is 1. The third-order valence-corrected chi connectivity index (χ3v) is 5.26. The number of thioether (sulfide) groups is 1. The molecule has 1 amide bonds. The lowest BCUT2D eigenvalue weighted by Gasteiger charge is -2.34. The Hall–Kier alpha value is -1.64. The van der Waals surface area contributed by atoms with Crippen LogP contribution >= 0.6 is 23.4 Å². The molecule has 0 unspecified atom stereocenters. The first-order valence-electron chi connectivity index (χ1n) is 7.98. The van der Waals surface area contributed by atoms with Crippen LogP contribution in [0.1, 0.15) is 11.4 Å². The maximum atomic E-state index is 13.9. The summed E-state index contributed by atoms with van der Waals surface area (Å²) in [6.07, 6.45) is 0. The number of amides is 1.